The first-order chi connectivity index (χ1) is 7.54. The molecule has 1 fully saturated rings. The summed E-state index contributed by atoms with van der Waals surface area (Å²) in [5, 5.41) is 0. The van der Waals surface area contributed by atoms with Crippen molar-refractivity contribution in [3.63, 3.8) is 0 Å². The molecule has 1 unspecified atom stereocenters. The molecule has 0 aromatic heterocycles. The third-order valence-electron chi connectivity index (χ3n) is 3.30. The maximum Gasteiger partial charge on any atom is 0.219 e. The minimum absolute atomic E-state index is 0.117. The minimum Gasteiger partial charge on any atom is -0.370 e. The van der Waals surface area contributed by atoms with Crippen molar-refractivity contribution in [2.24, 2.45) is 11.5 Å². The fourth-order valence-corrected chi connectivity index (χ4v) is 2.21. The van der Waals surface area contributed by atoms with Crippen molar-refractivity contribution in [3.8, 4) is 0 Å². The molecule has 1 aliphatic rings. The predicted octanol–water partition coefficient (Wildman–Crippen LogP) is -0.785. The molecule has 16 heavy (non-hydrogen) atoms. The Bertz CT molecular complexity index is 224. The van der Waals surface area contributed by atoms with Gasteiger partial charge in [-0.3, -0.25) is 14.6 Å². The highest BCUT2D eigenvalue weighted by Gasteiger charge is 2.24. The maximum atomic E-state index is 10.9. The van der Waals surface area contributed by atoms with Crippen molar-refractivity contribution in [3.05, 3.63) is 0 Å². The molecule has 0 radical (unpaired) electrons. The van der Waals surface area contributed by atoms with Gasteiger partial charge in [0.15, 0.2) is 0 Å². The van der Waals surface area contributed by atoms with Gasteiger partial charge in [-0.15, -0.1) is 0 Å². The van der Waals surface area contributed by atoms with E-state index in [1.165, 1.54) is 0 Å². The van der Waals surface area contributed by atoms with Gasteiger partial charge in [0.05, 0.1) is 0 Å². The zero-order valence-corrected chi connectivity index (χ0v) is 10.4. The molecule has 1 amide bonds. The van der Waals surface area contributed by atoms with Crippen LogP contribution < -0.4 is 11.5 Å². The van der Waals surface area contributed by atoms with Crippen LogP contribution >= 0.6 is 0 Å². The topological polar surface area (TPSA) is 75.6 Å². The quantitative estimate of drug-likeness (QED) is 0.647. The molecule has 0 aromatic carbocycles. The van der Waals surface area contributed by atoms with E-state index in [-0.39, 0.29) is 11.9 Å². The molecule has 1 heterocycles. The van der Waals surface area contributed by atoms with E-state index in [2.05, 4.69) is 23.6 Å². The molecule has 0 aliphatic carbocycles. The van der Waals surface area contributed by atoms with Crippen LogP contribution in [0.15, 0.2) is 0 Å². The van der Waals surface area contributed by atoms with Gasteiger partial charge in [-0.05, 0) is 13.8 Å². The first-order valence-corrected chi connectivity index (χ1v) is 6.01. The molecule has 1 rings (SSSR count). The summed E-state index contributed by atoms with van der Waals surface area (Å²) in [6.07, 6.45) is 0.373. The van der Waals surface area contributed by atoms with Crippen molar-refractivity contribution >= 4 is 5.91 Å². The van der Waals surface area contributed by atoms with Crippen LogP contribution in [0.5, 0.6) is 0 Å². The number of carbonyl (C=O) groups is 1. The van der Waals surface area contributed by atoms with Crippen LogP contribution in [0.1, 0.15) is 20.3 Å². The second-order valence-corrected chi connectivity index (χ2v) is 4.73. The molecule has 0 bridgehead atoms. The van der Waals surface area contributed by atoms with Crippen LogP contribution in [-0.2, 0) is 4.79 Å². The number of hydrogen-bond acceptors (Lipinski definition) is 4. The Morgan fingerprint density at radius 1 is 1.19 bits per heavy atom. The average molecular weight is 228 g/mol. The molecule has 5 nitrogen and oxygen atoms in total. The normalized spacial score (nSPS) is 21.2. The van der Waals surface area contributed by atoms with E-state index in [0.29, 0.717) is 19.0 Å². The summed E-state index contributed by atoms with van der Waals surface area (Å²) in [5.41, 5.74) is 10.9. The highest BCUT2D eigenvalue weighted by atomic mass is 16.1. The molecule has 4 N–H and O–H groups in total. The van der Waals surface area contributed by atoms with Gasteiger partial charge in [-0.25, -0.2) is 0 Å². The molecule has 1 saturated heterocycles. The number of hydrogen-bond donors (Lipinski definition) is 2. The Kier molecular flexibility index (Phi) is 5.18. The molecular weight excluding hydrogens is 204 g/mol. The molecule has 1 atom stereocenters. The van der Waals surface area contributed by atoms with Gasteiger partial charge in [0.1, 0.15) is 0 Å². The van der Waals surface area contributed by atoms with Crippen LogP contribution in [0, 0.1) is 0 Å². The third kappa shape index (κ3) is 3.73. The molecule has 5 heteroatoms. The first kappa shape index (κ1) is 13.4. The number of nitrogens with zero attached hydrogens (tertiary/aromatic N) is 2. The smallest absolute Gasteiger partial charge is 0.219 e. The second-order valence-electron chi connectivity index (χ2n) is 4.73. The minimum atomic E-state index is -0.262. The van der Waals surface area contributed by atoms with Crippen LogP contribution in [0.25, 0.3) is 0 Å². The van der Waals surface area contributed by atoms with Crippen molar-refractivity contribution in [2.75, 3.05) is 32.7 Å². The number of nitrogens with two attached hydrogens (primary N) is 2. The lowest BCUT2D eigenvalue weighted by Gasteiger charge is -2.40. The van der Waals surface area contributed by atoms with Gasteiger partial charge in [-0.2, -0.15) is 0 Å². The number of piperazine rings is 1. The molecule has 94 valence electrons. The Hall–Kier alpha value is -0.650. The lowest BCUT2D eigenvalue weighted by atomic mass is 10.1. The van der Waals surface area contributed by atoms with Gasteiger partial charge in [0.25, 0.3) is 0 Å². The van der Waals surface area contributed by atoms with E-state index < -0.39 is 0 Å². The van der Waals surface area contributed by atoms with E-state index in [9.17, 15) is 4.79 Å². The summed E-state index contributed by atoms with van der Waals surface area (Å²) < 4.78 is 0. The lowest BCUT2D eigenvalue weighted by molar-refractivity contribution is -0.119. The van der Waals surface area contributed by atoms with Crippen LogP contribution in [0.2, 0.25) is 0 Å². The van der Waals surface area contributed by atoms with Gasteiger partial charge < -0.3 is 11.5 Å². The predicted molar refractivity (Wildman–Crippen MR) is 64.9 cm³/mol. The van der Waals surface area contributed by atoms with Crippen LogP contribution in [0.3, 0.4) is 0 Å². The van der Waals surface area contributed by atoms with Crippen LogP contribution in [-0.4, -0.2) is 60.5 Å². The monoisotopic (exact) mass is 228 g/mol. The number of carbonyl (C=O) groups excluding carboxylic acids is 1. The van der Waals surface area contributed by atoms with E-state index in [1.54, 1.807) is 0 Å². The van der Waals surface area contributed by atoms with E-state index in [0.717, 1.165) is 26.2 Å². The van der Waals surface area contributed by atoms with Gasteiger partial charge in [0, 0.05) is 51.2 Å². The summed E-state index contributed by atoms with van der Waals surface area (Å²) in [7, 11) is 0. The summed E-state index contributed by atoms with van der Waals surface area (Å²) in [6, 6.07) is 0.710. The summed E-state index contributed by atoms with van der Waals surface area (Å²) in [6.45, 7) is 8.98. The zero-order valence-electron chi connectivity index (χ0n) is 10.4. The van der Waals surface area contributed by atoms with Crippen molar-refractivity contribution in [1.29, 1.82) is 0 Å². The van der Waals surface area contributed by atoms with Crippen molar-refractivity contribution < 1.29 is 4.79 Å². The SMILES string of the molecule is CC(C)N1CCN(C(CN)CC(N)=O)CC1. The molecule has 1 aliphatic heterocycles. The Morgan fingerprint density at radius 3 is 2.06 bits per heavy atom. The highest BCUT2D eigenvalue weighted by molar-refractivity contribution is 5.74. The number of rotatable bonds is 5. The number of primary amides is 1. The highest BCUT2D eigenvalue weighted by Crippen LogP contribution is 2.10. The van der Waals surface area contributed by atoms with Gasteiger partial charge in [-0.1, -0.05) is 0 Å². The average Bonchev–Trinajstić information content (AvgIpc) is 2.25. The third-order valence-corrected chi connectivity index (χ3v) is 3.30. The largest absolute Gasteiger partial charge is 0.370 e. The van der Waals surface area contributed by atoms with E-state index in [4.69, 9.17) is 11.5 Å². The van der Waals surface area contributed by atoms with Gasteiger partial charge >= 0.3 is 0 Å². The van der Waals surface area contributed by atoms with Gasteiger partial charge in [0.2, 0.25) is 5.91 Å². The molecule has 0 spiro atoms. The fourth-order valence-electron chi connectivity index (χ4n) is 2.21. The second kappa shape index (κ2) is 6.18. The fraction of sp³-hybridized carbons (Fsp3) is 0.909. The Labute approximate surface area is 97.7 Å². The Balaban J connectivity index is 2.41. The lowest BCUT2D eigenvalue weighted by Crippen LogP contribution is -2.54. The summed E-state index contributed by atoms with van der Waals surface area (Å²) >= 11 is 0. The summed E-state index contributed by atoms with van der Waals surface area (Å²) in [5.74, 6) is -0.262. The van der Waals surface area contributed by atoms with Crippen LogP contribution in [0.4, 0.5) is 0 Å². The first-order valence-electron chi connectivity index (χ1n) is 6.01. The van der Waals surface area contributed by atoms with E-state index in [1.807, 2.05) is 0 Å². The van der Waals surface area contributed by atoms with Crippen molar-refractivity contribution in [1.82, 2.24) is 9.80 Å². The zero-order chi connectivity index (χ0) is 12.1. The Morgan fingerprint density at radius 2 is 1.69 bits per heavy atom. The summed E-state index contributed by atoms with van der Waals surface area (Å²) in [4.78, 5) is 15.6. The van der Waals surface area contributed by atoms with Crippen molar-refractivity contribution in [2.45, 2.75) is 32.4 Å². The molecule has 0 saturated carbocycles. The molecular formula is C11H24N4O. The number of amides is 1. The standard InChI is InChI=1S/C11H24N4O/c1-9(2)14-3-5-15(6-4-14)10(8-12)7-11(13)16/h9-10H,3-8,12H2,1-2H3,(H2,13,16). The van der Waals surface area contributed by atoms with E-state index >= 15 is 0 Å². The molecule has 0 aromatic rings. The maximum absolute atomic E-state index is 10.9.